The van der Waals surface area contributed by atoms with Crippen molar-refractivity contribution in [3.63, 3.8) is 0 Å². The van der Waals surface area contributed by atoms with E-state index in [1.807, 2.05) is 0 Å². The van der Waals surface area contributed by atoms with Crippen LogP contribution in [0.5, 0.6) is 0 Å². The van der Waals surface area contributed by atoms with Crippen molar-refractivity contribution in [1.29, 1.82) is 0 Å². The van der Waals surface area contributed by atoms with Crippen molar-refractivity contribution >= 4 is 132 Å². The summed E-state index contributed by atoms with van der Waals surface area (Å²) in [4.78, 5) is 0. The van der Waals surface area contributed by atoms with E-state index in [1.165, 1.54) is 0 Å². The summed E-state index contributed by atoms with van der Waals surface area (Å²) >= 11 is 0. The monoisotopic (exact) mass is 553 g/mol. The molecule has 0 saturated carbocycles. The molecule has 0 amide bonds. The van der Waals surface area contributed by atoms with Gasteiger partial charge in [-0.25, -0.2) is 0 Å². The van der Waals surface area contributed by atoms with E-state index in [4.69, 9.17) is 0 Å². The van der Waals surface area contributed by atoms with Crippen LogP contribution in [0.25, 0.3) is 0 Å². The average Bonchev–Trinajstić information content (AvgIpc) is 0. The molecule has 1 radical (unpaired) electrons. The Labute approximate surface area is 185 Å². The van der Waals surface area contributed by atoms with Gasteiger partial charge in [0.05, 0.1) is 0 Å². The molecule has 0 heterocycles. The molecule has 1 nitrogen and oxygen atoms in total. The van der Waals surface area contributed by atoms with Gasteiger partial charge in [-0.1, -0.05) is 0 Å². The predicted molar refractivity (Wildman–Crippen MR) is 24.6 cm³/mol. The minimum Gasteiger partial charge on any atom is -2.00 e. The van der Waals surface area contributed by atoms with E-state index in [0.29, 0.717) is 0 Å². The maximum absolute atomic E-state index is 0. The molecule has 0 unspecified atom stereocenters. The molecule has 0 aliphatic carbocycles. The Hall–Kier alpha value is 5.73. The van der Waals surface area contributed by atoms with E-state index >= 15 is 0 Å². The first-order chi connectivity index (χ1) is 0. The van der Waals surface area contributed by atoms with E-state index in [1.54, 1.807) is 0 Å². The molecule has 31 valence electrons. The Morgan fingerprint density at radius 2 is 1.17 bits per heavy atom. The number of rotatable bonds is 0. The van der Waals surface area contributed by atoms with Crippen molar-refractivity contribution < 1.29 is 58.8 Å². The van der Waals surface area contributed by atoms with Gasteiger partial charge in [0.25, 0.3) is 0 Å². The normalized spacial score (nSPS) is 0. The van der Waals surface area contributed by atoms with Crippen LogP contribution in [0.3, 0.4) is 0 Å². The van der Waals surface area contributed by atoms with Gasteiger partial charge in [-0.3, -0.25) is 0 Å². The summed E-state index contributed by atoms with van der Waals surface area (Å²) in [5.41, 5.74) is 0. The third-order valence-electron chi connectivity index (χ3n) is 0. The zero-order valence-corrected chi connectivity index (χ0v) is 20.1. The molecule has 0 aromatic carbocycles. The van der Waals surface area contributed by atoms with Crippen LogP contribution in [-0.2, 0) is 50.2 Å². The van der Waals surface area contributed by atoms with Gasteiger partial charge < -0.3 is 14.0 Å². The summed E-state index contributed by atoms with van der Waals surface area (Å²) in [6.45, 7) is 0. The van der Waals surface area contributed by atoms with Crippen LogP contribution in [0, 0.1) is 0 Å². The van der Waals surface area contributed by atoms with Gasteiger partial charge in [0.1, 0.15) is 0 Å². The first-order valence-corrected chi connectivity index (χ1v) is 0. The second-order valence-electron chi connectivity index (χ2n) is 0. The van der Waals surface area contributed by atoms with Gasteiger partial charge in [-0.05, 0) is 0 Å². The minimum absolute atomic E-state index is 0. The van der Waals surface area contributed by atoms with E-state index < -0.39 is 0 Å². The first kappa shape index (κ1) is 41.1. The molecule has 0 aromatic rings. The topological polar surface area (TPSA) is 28.5 Å². The van der Waals surface area contributed by atoms with Crippen LogP contribution in [-0.4, -0.2) is 132 Å². The van der Waals surface area contributed by atoms with Crippen LogP contribution in [0.15, 0.2) is 0 Å². The summed E-state index contributed by atoms with van der Waals surface area (Å²) in [6, 6.07) is 0. The fourth-order valence-electron chi connectivity index (χ4n) is 0. The zero-order chi connectivity index (χ0) is 0. The summed E-state index contributed by atoms with van der Waals surface area (Å²) in [5, 5.41) is 0. The fourth-order valence-corrected chi connectivity index (χ4v) is 0. The average molecular weight is 551 g/mol. The van der Waals surface area contributed by atoms with Crippen molar-refractivity contribution in [2.45, 2.75) is 0 Å². The van der Waals surface area contributed by atoms with Crippen molar-refractivity contribution in [2.24, 2.45) is 0 Å². The van der Waals surface area contributed by atoms with Crippen molar-refractivity contribution in [3.8, 4) is 0 Å². The van der Waals surface area contributed by atoms with E-state index in [-0.39, 0.29) is 191 Å². The Kier molecular flexibility index (Phi) is 212. The summed E-state index contributed by atoms with van der Waals surface area (Å²) in [7, 11) is 0. The van der Waals surface area contributed by atoms with E-state index in [2.05, 4.69) is 0 Å². The van der Waals surface area contributed by atoms with Gasteiger partial charge in [0.15, 0.2) is 0 Å². The predicted octanol–water partition coefficient (Wildman–Crippen LogP) is -0.591. The van der Waals surface area contributed by atoms with Crippen LogP contribution in [0.2, 0.25) is 0 Å². The van der Waals surface area contributed by atoms with Crippen LogP contribution >= 0.6 is 0 Å². The zero-order valence-electron chi connectivity index (χ0n) is 9.54. The van der Waals surface area contributed by atoms with Crippen LogP contribution in [0.4, 0.5) is 0 Å². The van der Waals surface area contributed by atoms with Gasteiger partial charge >= 0.3 is 149 Å². The summed E-state index contributed by atoms with van der Waals surface area (Å²) in [5.74, 6) is 0. The molecular formula is H6BaCaCuHgOSr. The standard InChI is InChI=1S/Ba.Ca.Cu.Hg.O.Sr.6H/q3*+2;;-2;+2;6*-1. The molecule has 0 aromatic heterocycles. The minimum atomic E-state index is 0. The maximum atomic E-state index is 0. The Morgan fingerprint density at radius 1 is 1.17 bits per heavy atom. The van der Waals surface area contributed by atoms with Gasteiger partial charge in [-0.2, -0.15) is 0 Å². The molecule has 0 spiro atoms. The Bertz CT molecular complexity index is 27.5. The van der Waals surface area contributed by atoms with Gasteiger partial charge in [-0.15, -0.1) is 0 Å². The molecule has 6 heavy (non-hydrogen) atoms. The molecule has 0 fully saturated rings. The van der Waals surface area contributed by atoms with Gasteiger partial charge in [0.2, 0.25) is 0 Å². The number of hydrogen-bond donors (Lipinski definition) is 0. The van der Waals surface area contributed by atoms with Crippen molar-refractivity contribution in [1.82, 2.24) is 0 Å². The van der Waals surface area contributed by atoms with Crippen molar-refractivity contribution in [3.05, 3.63) is 0 Å². The maximum Gasteiger partial charge on any atom is 2.00 e. The quantitative estimate of drug-likeness (QED) is 0.361. The summed E-state index contributed by atoms with van der Waals surface area (Å²) in [6.07, 6.45) is 0. The van der Waals surface area contributed by atoms with E-state index in [0.717, 1.165) is 0 Å². The largest absolute Gasteiger partial charge is 2.00 e. The SMILES string of the molecule is [Ba+2].[Ca+2].[Cu+2].[H-].[H-].[H-].[H-].[H-].[H-].[Hg].[O-2].[Sr+2]. The third kappa shape index (κ3) is 22.6. The third-order valence-corrected chi connectivity index (χ3v) is 0. The molecule has 6 heteroatoms. The van der Waals surface area contributed by atoms with Crippen LogP contribution in [0.1, 0.15) is 8.56 Å². The first-order valence-electron chi connectivity index (χ1n) is 0. The second kappa shape index (κ2) is 30.9. The Morgan fingerprint density at radius 3 is 1.17 bits per heavy atom. The molecular weight excluding hydrogens is 545 g/mol. The molecule has 0 aliphatic rings. The number of hydrogen-bond acceptors (Lipinski definition) is 0. The smallest absolute Gasteiger partial charge is 2.00 e. The molecule has 0 aliphatic heterocycles. The molecule has 0 saturated heterocycles. The van der Waals surface area contributed by atoms with Crippen LogP contribution < -0.4 is 0 Å². The molecule has 0 atom stereocenters. The second-order valence-corrected chi connectivity index (χ2v) is 0. The molecule has 0 bridgehead atoms. The fraction of sp³-hybridized carbons (Fsp3) is 0. The summed E-state index contributed by atoms with van der Waals surface area (Å²) < 4.78 is 0. The Balaban J connectivity index is 0. The van der Waals surface area contributed by atoms with Crippen molar-refractivity contribution in [2.75, 3.05) is 0 Å². The molecule has 0 rings (SSSR count). The van der Waals surface area contributed by atoms with Gasteiger partial charge in [0, 0.05) is 27.7 Å². The molecule has 0 N–H and O–H groups in total. The van der Waals surface area contributed by atoms with E-state index in [9.17, 15) is 0 Å².